The zero-order valence-corrected chi connectivity index (χ0v) is 15.2. The van der Waals surface area contributed by atoms with Gasteiger partial charge in [0.15, 0.2) is 0 Å². The molecule has 134 valence electrons. The quantitative estimate of drug-likeness (QED) is 0.847. The van der Waals surface area contributed by atoms with Crippen molar-refractivity contribution < 1.29 is 14.6 Å². The third kappa shape index (κ3) is 4.15. The van der Waals surface area contributed by atoms with E-state index in [1.54, 1.807) is 23.9 Å². The normalized spacial score (nSPS) is 21.1. The number of carboxylic acids is 1. The lowest BCUT2D eigenvalue weighted by Gasteiger charge is -2.25. The number of hydrogen-bond donors (Lipinski definition) is 2. The molecule has 3 rings (SSSR count). The first kappa shape index (κ1) is 18.2. The van der Waals surface area contributed by atoms with E-state index in [9.17, 15) is 9.90 Å². The highest BCUT2D eigenvalue weighted by molar-refractivity contribution is 6.42. The van der Waals surface area contributed by atoms with E-state index in [4.69, 9.17) is 27.9 Å². The number of carbonyl (C=O) groups is 1. The number of aromatic nitrogens is 2. The monoisotopic (exact) mass is 383 g/mol. The number of carboxylic acid groups (broad SMARTS) is 1. The molecule has 8 heteroatoms. The first-order chi connectivity index (χ1) is 12.0. The summed E-state index contributed by atoms with van der Waals surface area (Å²) in [6.45, 7) is 4.29. The van der Waals surface area contributed by atoms with Crippen LogP contribution < -0.4 is 5.32 Å². The minimum atomic E-state index is -0.972. The fourth-order valence-corrected chi connectivity index (χ4v) is 3.37. The van der Waals surface area contributed by atoms with E-state index in [1.807, 2.05) is 12.1 Å². The minimum Gasteiger partial charge on any atom is -0.478 e. The molecule has 2 atom stereocenters. The zero-order chi connectivity index (χ0) is 18.0. The van der Waals surface area contributed by atoms with Crippen LogP contribution in [0.2, 0.25) is 10.0 Å². The third-order valence-corrected chi connectivity index (χ3v) is 5.02. The number of hydrogen-bond acceptors (Lipinski definition) is 4. The summed E-state index contributed by atoms with van der Waals surface area (Å²) in [5, 5.41) is 17.9. The molecule has 1 fully saturated rings. The van der Waals surface area contributed by atoms with Crippen LogP contribution in [0.5, 0.6) is 0 Å². The summed E-state index contributed by atoms with van der Waals surface area (Å²) in [5.41, 5.74) is 1.67. The number of aryl methyl sites for hydroxylation is 1. The Bertz CT molecular complexity index is 778. The number of nitrogens with one attached hydrogen (secondary N) is 1. The summed E-state index contributed by atoms with van der Waals surface area (Å²) in [7, 11) is 0. The van der Waals surface area contributed by atoms with Crippen LogP contribution in [0.25, 0.3) is 0 Å². The molecule has 0 bridgehead atoms. The van der Waals surface area contributed by atoms with E-state index in [-0.39, 0.29) is 17.6 Å². The molecule has 1 aromatic heterocycles. The number of benzene rings is 1. The van der Waals surface area contributed by atoms with Gasteiger partial charge in [-0.05, 0) is 24.6 Å². The SMILES string of the molecule is Cc1nn(C[C@@H]2CNCCO[C@H]2c2ccc(Cl)c(Cl)c2)cc1C(=O)O. The van der Waals surface area contributed by atoms with E-state index >= 15 is 0 Å². The fraction of sp³-hybridized carbons (Fsp3) is 0.412. The van der Waals surface area contributed by atoms with Gasteiger partial charge in [-0.2, -0.15) is 5.10 Å². The Balaban J connectivity index is 1.86. The summed E-state index contributed by atoms with van der Waals surface area (Å²) in [6, 6.07) is 5.50. The highest BCUT2D eigenvalue weighted by Gasteiger charge is 2.28. The first-order valence-corrected chi connectivity index (χ1v) is 8.76. The number of nitrogens with zero attached hydrogens (tertiary/aromatic N) is 2. The van der Waals surface area contributed by atoms with E-state index < -0.39 is 5.97 Å². The molecule has 1 aliphatic heterocycles. The van der Waals surface area contributed by atoms with Crippen molar-refractivity contribution in [2.24, 2.45) is 5.92 Å². The van der Waals surface area contributed by atoms with Crippen LogP contribution in [0.3, 0.4) is 0 Å². The Morgan fingerprint density at radius 1 is 1.44 bits per heavy atom. The Labute approximate surface area is 155 Å². The molecule has 1 aliphatic rings. The molecule has 0 radical (unpaired) electrons. The van der Waals surface area contributed by atoms with Crippen LogP contribution in [-0.4, -0.2) is 40.6 Å². The van der Waals surface area contributed by atoms with E-state index in [0.717, 1.165) is 18.7 Å². The van der Waals surface area contributed by atoms with Crippen molar-refractivity contribution in [2.45, 2.75) is 19.6 Å². The second-order valence-electron chi connectivity index (χ2n) is 6.08. The maximum Gasteiger partial charge on any atom is 0.339 e. The predicted molar refractivity (Wildman–Crippen MR) is 95.4 cm³/mol. The molecule has 2 heterocycles. The maximum absolute atomic E-state index is 11.2. The van der Waals surface area contributed by atoms with Gasteiger partial charge in [-0.15, -0.1) is 0 Å². The van der Waals surface area contributed by atoms with Gasteiger partial charge in [0.05, 0.1) is 28.5 Å². The van der Waals surface area contributed by atoms with Gasteiger partial charge in [0, 0.05) is 31.7 Å². The van der Waals surface area contributed by atoms with Gasteiger partial charge in [-0.1, -0.05) is 29.3 Å². The fourth-order valence-electron chi connectivity index (χ4n) is 3.07. The van der Waals surface area contributed by atoms with Crippen molar-refractivity contribution in [1.82, 2.24) is 15.1 Å². The molecule has 0 spiro atoms. The number of rotatable bonds is 4. The van der Waals surface area contributed by atoms with Crippen molar-refractivity contribution in [3.05, 3.63) is 51.3 Å². The first-order valence-electron chi connectivity index (χ1n) is 8.00. The van der Waals surface area contributed by atoms with Gasteiger partial charge in [0.1, 0.15) is 5.56 Å². The van der Waals surface area contributed by atoms with Crippen molar-refractivity contribution >= 4 is 29.2 Å². The summed E-state index contributed by atoms with van der Waals surface area (Å²) in [5.74, 6) is -0.902. The van der Waals surface area contributed by atoms with E-state index in [1.165, 1.54) is 0 Å². The maximum atomic E-state index is 11.2. The number of aromatic carboxylic acids is 1. The van der Waals surface area contributed by atoms with Gasteiger partial charge in [0.25, 0.3) is 0 Å². The molecule has 25 heavy (non-hydrogen) atoms. The molecular weight excluding hydrogens is 365 g/mol. The Morgan fingerprint density at radius 3 is 2.92 bits per heavy atom. The van der Waals surface area contributed by atoms with E-state index in [2.05, 4.69) is 10.4 Å². The highest BCUT2D eigenvalue weighted by atomic mass is 35.5. The summed E-state index contributed by atoms with van der Waals surface area (Å²) < 4.78 is 7.70. The molecule has 1 saturated heterocycles. The molecule has 0 unspecified atom stereocenters. The number of halogens is 2. The smallest absolute Gasteiger partial charge is 0.339 e. The van der Waals surface area contributed by atoms with Crippen molar-refractivity contribution in [3.63, 3.8) is 0 Å². The Kier molecular flexibility index (Phi) is 5.64. The van der Waals surface area contributed by atoms with Gasteiger partial charge < -0.3 is 15.2 Å². The van der Waals surface area contributed by atoms with Crippen LogP contribution in [0.1, 0.15) is 27.7 Å². The molecule has 2 aromatic rings. The van der Waals surface area contributed by atoms with E-state index in [0.29, 0.717) is 28.9 Å². The van der Waals surface area contributed by atoms with Gasteiger partial charge in [-0.25, -0.2) is 4.79 Å². The molecule has 0 aliphatic carbocycles. The van der Waals surface area contributed by atoms with Crippen LogP contribution in [0.15, 0.2) is 24.4 Å². The summed E-state index contributed by atoms with van der Waals surface area (Å²) in [4.78, 5) is 11.2. The molecule has 6 nitrogen and oxygen atoms in total. The lowest BCUT2D eigenvalue weighted by atomic mass is 9.95. The lowest BCUT2D eigenvalue weighted by molar-refractivity contribution is 0.0242. The van der Waals surface area contributed by atoms with Crippen LogP contribution in [-0.2, 0) is 11.3 Å². The largest absolute Gasteiger partial charge is 0.478 e. The highest BCUT2D eigenvalue weighted by Crippen LogP contribution is 2.32. The molecule has 1 aromatic carbocycles. The predicted octanol–water partition coefficient (Wildman–Crippen LogP) is 3.17. The average molecular weight is 384 g/mol. The molecular formula is C17H19Cl2N3O3. The second kappa shape index (κ2) is 7.74. The Morgan fingerprint density at radius 2 is 2.24 bits per heavy atom. The second-order valence-corrected chi connectivity index (χ2v) is 6.90. The van der Waals surface area contributed by atoms with Crippen LogP contribution >= 0.6 is 23.2 Å². The number of ether oxygens (including phenoxy) is 1. The average Bonchev–Trinajstić information content (AvgIpc) is 2.78. The van der Waals surface area contributed by atoms with Crippen LogP contribution in [0, 0.1) is 12.8 Å². The summed E-state index contributed by atoms with van der Waals surface area (Å²) >= 11 is 12.2. The standard InChI is InChI=1S/C17H19Cl2N3O3/c1-10-13(17(23)24)9-22(21-10)8-12-7-20-4-5-25-16(12)11-2-3-14(18)15(19)6-11/h2-3,6,9,12,16,20H,4-5,7-8H2,1H3,(H,23,24)/t12-,16-/m0/s1. The van der Waals surface area contributed by atoms with Crippen molar-refractivity contribution in [3.8, 4) is 0 Å². The van der Waals surface area contributed by atoms with Gasteiger partial charge in [-0.3, -0.25) is 4.68 Å². The molecule has 0 saturated carbocycles. The zero-order valence-electron chi connectivity index (χ0n) is 13.7. The van der Waals surface area contributed by atoms with Crippen molar-refractivity contribution in [1.29, 1.82) is 0 Å². The Hall–Kier alpha value is -1.60. The third-order valence-electron chi connectivity index (χ3n) is 4.28. The topological polar surface area (TPSA) is 76.4 Å². The van der Waals surface area contributed by atoms with Gasteiger partial charge >= 0.3 is 5.97 Å². The summed E-state index contributed by atoms with van der Waals surface area (Å²) in [6.07, 6.45) is 1.39. The minimum absolute atomic E-state index is 0.0701. The molecule has 0 amide bonds. The van der Waals surface area contributed by atoms with Crippen LogP contribution in [0.4, 0.5) is 0 Å². The lowest BCUT2D eigenvalue weighted by Crippen LogP contribution is -2.28. The van der Waals surface area contributed by atoms with Gasteiger partial charge in [0.2, 0.25) is 0 Å². The van der Waals surface area contributed by atoms with Crippen molar-refractivity contribution in [2.75, 3.05) is 19.7 Å². The molecule has 2 N–H and O–H groups in total.